The predicted octanol–water partition coefficient (Wildman–Crippen LogP) is 3.33. The molecule has 0 aliphatic carbocycles. The molecule has 10 nitrogen and oxygen atoms in total. The molecule has 180 valence electrons. The van der Waals surface area contributed by atoms with Crippen LogP contribution in [0.25, 0.3) is 21.8 Å². The lowest BCUT2D eigenvalue weighted by molar-refractivity contribution is -0.126. The van der Waals surface area contributed by atoms with Crippen molar-refractivity contribution < 1.29 is 19.0 Å². The first kappa shape index (κ1) is 23.2. The molecule has 3 aromatic heterocycles. The number of carbonyl (C=O) groups is 1. The molecule has 0 bridgehead atoms. The van der Waals surface area contributed by atoms with Crippen molar-refractivity contribution in [1.82, 2.24) is 30.0 Å². The van der Waals surface area contributed by atoms with E-state index >= 15 is 0 Å². The largest absolute Gasteiger partial charge is 0.434 e. The summed E-state index contributed by atoms with van der Waals surface area (Å²) >= 11 is 12.5. The minimum Gasteiger partial charge on any atom is -0.434 e. The third kappa shape index (κ3) is 4.11. The third-order valence-corrected chi connectivity index (χ3v) is 6.33. The number of nitrogens with zero attached hydrogens (tertiary/aromatic N) is 6. The number of ether oxygens (including phenoxy) is 1. The van der Waals surface area contributed by atoms with E-state index in [-0.39, 0.29) is 40.9 Å². The van der Waals surface area contributed by atoms with E-state index in [0.29, 0.717) is 40.7 Å². The summed E-state index contributed by atoms with van der Waals surface area (Å²) in [7, 11) is 0. The molecule has 1 amide bonds. The average molecular weight is 518 g/mol. The van der Waals surface area contributed by atoms with Gasteiger partial charge in [-0.1, -0.05) is 29.8 Å². The van der Waals surface area contributed by atoms with Crippen LogP contribution in [0.1, 0.15) is 0 Å². The number of amides is 1. The highest BCUT2D eigenvalue weighted by Crippen LogP contribution is 2.40. The first-order valence-electron chi connectivity index (χ1n) is 10.5. The molecule has 35 heavy (non-hydrogen) atoms. The summed E-state index contributed by atoms with van der Waals surface area (Å²) in [6.07, 6.45) is 4.03. The Kier molecular flexibility index (Phi) is 6.13. The molecule has 4 aromatic rings. The molecular weight excluding hydrogens is 500 g/mol. The molecule has 13 heteroatoms. The fourth-order valence-electron chi connectivity index (χ4n) is 4.11. The van der Waals surface area contributed by atoms with E-state index in [1.165, 1.54) is 24.7 Å². The zero-order valence-corrected chi connectivity index (χ0v) is 19.6. The number of rotatable bonds is 5. The Balaban J connectivity index is 1.59. The van der Waals surface area contributed by atoms with Crippen molar-refractivity contribution in [1.29, 1.82) is 0 Å². The maximum absolute atomic E-state index is 14.4. The van der Waals surface area contributed by atoms with Gasteiger partial charge in [0.05, 0.1) is 35.1 Å². The van der Waals surface area contributed by atoms with E-state index in [1.807, 2.05) is 4.90 Å². The Morgan fingerprint density at radius 2 is 2.14 bits per heavy atom. The zero-order chi connectivity index (χ0) is 24.7. The number of fused-ring (bicyclic) bond motifs is 2. The van der Waals surface area contributed by atoms with Crippen molar-refractivity contribution in [2.75, 3.05) is 31.1 Å². The van der Waals surface area contributed by atoms with Crippen LogP contribution in [-0.4, -0.2) is 73.3 Å². The lowest BCUT2D eigenvalue weighted by atomic mass is 10.1. The zero-order valence-electron chi connectivity index (χ0n) is 18.1. The van der Waals surface area contributed by atoms with Gasteiger partial charge < -0.3 is 19.6 Å². The van der Waals surface area contributed by atoms with Crippen LogP contribution in [0.15, 0.2) is 37.3 Å². The van der Waals surface area contributed by atoms with Gasteiger partial charge in [0.25, 0.3) is 0 Å². The van der Waals surface area contributed by atoms with Crippen LogP contribution in [0, 0.1) is 5.82 Å². The predicted molar refractivity (Wildman–Crippen MR) is 128 cm³/mol. The van der Waals surface area contributed by atoms with Gasteiger partial charge in [0.2, 0.25) is 11.8 Å². The number of aromatic nitrogens is 5. The van der Waals surface area contributed by atoms with Gasteiger partial charge in [0.1, 0.15) is 33.7 Å². The number of aromatic amines is 1. The number of benzene rings is 1. The maximum Gasteiger partial charge on any atom is 0.247 e. The summed E-state index contributed by atoms with van der Waals surface area (Å²) in [5.41, 5.74) is 0.693. The Hall–Kier alpha value is -3.54. The first-order valence-corrected chi connectivity index (χ1v) is 11.3. The summed E-state index contributed by atoms with van der Waals surface area (Å²) in [5, 5.41) is 17.4. The molecule has 5 rings (SSSR count). The van der Waals surface area contributed by atoms with Gasteiger partial charge in [-0.3, -0.25) is 9.89 Å². The van der Waals surface area contributed by atoms with Crippen LogP contribution in [0.2, 0.25) is 10.2 Å². The molecule has 1 atom stereocenters. The summed E-state index contributed by atoms with van der Waals surface area (Å²) in [6, 6.07) is 2.37. The van der Waals surface area contributed by atoms with Gasteiger partial charge in [0.15, 0.2) is 5.75 Å². The van der Waals surface area contributed by atoms with E-state index in [2.05, 4.69) is 31.7 Å². The molecule has 1 aliphatic heterocycles. The van der Waals surface area contributed by atoms with Crippen molar-refractivity contribution in [2.45, 2.75) is 6.04 Å². The van der Waals surface area contributed by atoms with E-state index in [9.17, 15) is 14.3 Å². The number of pyridine rings is 1. The normalized spacial score (nSPS) is 16.2. The molecule has 1 fully saturated rings. The van der Waals surface area contributed by atoms with Gasteiger partial charge in [-0.25, -0.2) is 14.4 Å². The number of aliphatic hydroxyl groups is 1. The summed E-state index contributed by atoms with van der Waals surface area (Å²) in [4.78, 5) is 28.5. The quantitative estimate of drug-likeness (QED) is 0.305. The standard InChI is InChI=1S/C22H18Cl2FN7O3/c1-2-17(34)31-3-4-32(11(8-31)9-33)21-12-5-16(23)29-22(19(12)26-10-27-21)35-20-13-7-28-30-15(13)6-14(25)18(20)24/h2,5-7,10-11,33H,1,3-4,8-9H2,(H,28,30)/t11-/m1/s1. The number of halogens is 3. The number of anilines is 1. The van der Waals surface area contributed by atoms with E-state index in [0.717, 1.165) is 0 Å². The highest BCUT2D eigenvalue weighted by molar-refractivity contribution is 6.33. The van der Waals surface area contributed by atoms with E-state index < -0.39 is 11.9 Å². The molecule has 0 spiro atoms. The highest BCUT2D eigenvalue weighted by atomic mass is 35.5. The van der Waals surface area contributed by atoms with Gasteiger partial charge in [-0.15, -0.1) is 0 Å². The van der Waals surface area contributed by atoms with Crippen LogP contribution in [-0.2, 0) is 4.79 Å². The van der Waals surface area contributed by atoms with Crippen molar-refractivity contribution in [3.05, 3.63) is 53.3 Å². The van der Waals surface area contributed by atoms with Crippen LogP contribution in [0.3, 0.4) is 0 Å². The molecule has 0 unspecified atom stereocenters. The third-order valence-electron chi connectivity index (χ3n) is 5.78. The minimum absolute atomic E-state index is 0.00725. The van der Waals surface area contributed by atoms with Crippen LogP contribution in [0.4, 0.5) is 10.2 Å². The van der Waals surface area contributed by atoms with Crippen molar-refractivity contribution in [2.24, 2.45) is 0 Å². The minimum atomic E-state index is -0.696. The SMILES string of the molecule is C=CC(=O)N1CCN(c2ncnc3c(Oc4c(Cl)c(F)cc5[nH]ncc45)nc(Cl)cc23)[C@@H](CO)C1. The van der Waals surface area contributed by atoms with Crippen LogP contribution in [0.5, 0.6) is 11.6 Å². The summed E-state index contributed by atoms with van der Waals surface area (Å²) in [5.74, 6) is -0.426. The number of nitrogens with one attached hydrogen (secondary N) is 1. The number of piperazine rings is 1. The molecule has 2 N–H and O–H groups in total. The van der Waals surface area contributed by atoms with E-state index in [4.69, 9.17) is 27.9 Å². The number of aliphatic hydroxyl groups excluding tert-OH is 1. The smallest absolute Gasteiger partial charge is 0.247 e. The first-order chi connectivity index (χ1) is 16.9. The maximum atomic E-state index is 14.4. The van der Waals surface area contributed by atoms with Gasteiger partial charge >= 0.3 is 0 Å². The lowest BCUT2D eigenvalue weighted by Crippen LogP contribution is -2.56. The fourth-order valence-corrected chi connectivity index (χ4v) is 4.49. The summed E-state index contributed by atoms with van der Waals surface area (Å²) in [6.45, 7) is 4.40. The number of carbonyl (C=O) groups excluding carboxylic acids is 1. The molecule has 4 heterocycles. The molecule has 0 saturated carbocycles. The Bertz CT molecular complexity index is 1460. The number of hydrogen-bond donors (Lipinski definition) is 2. The molecule has 1 saturated heterocycles. The van der Waals surface area contributed by atoms with Crippen molar-refractivity contribution in [3.63, 3.8) is 0 Å². The van der Waals surface area contributed by atoms with Gasteiger partial charge in [-0.2, -0.15) is 10.1 Å². The number of H-pyrrole nitrogens is 1. The van der Waals surface area contributed by atoms with Crippen molar-refractivity contribution in [3.8, 4) is 11.6 Å². The van der Waals surface area contributed by atoms with Crippen LogP contribution >= 0.6 is 23.2 Å². The molecule has 0 radical (unpaired) electrons. The second-order valence-corrected chi connectivity index (χ2v) is 8.56. The highest BCUT2D eigenvalue weighted by Gasteiger charge is 2.31. The van der Waals surface area contributed by atoms with Gasteiger partial charge in [-0.05, 0) is 12.1 Å². The molecule has 1 aliphatic rings. The van der Waals surface area contributed by atoms with Gasteiger partial charge in [0, 0.05) is 25.7 Å². The fraction of sp³-hybridized carbons (Fsp3) is 0.227. The Labute approximate surface area is 207 Å². The van der Waals surface area contributed by atoms with E-state index in [1.54, 1.807) is 11.0 Å². The monoisotopic (exact) mass is 517 g/mol. The second kappa shape index (κ2) is 9.25. The van der Waals surface area contributed by atoms with Crippen LogP contribution < -0.4 is 9.64 Å². The summed E-state index contributed by atoms with van der Waals surface area (Å²) < 4.78 is 20.4. The second-order valence-electron chi connectivity index (χ2n) is 7.80. The Morgan fingerprint density at radius 1 is 1.31 bits per heavy atom. The topological polar surface area (TPSA) is 120 Å². The lowest BCUT2D eigenvalue weighted by Gasteiger charge is -2.41. The Morgan fingerprint density at radius 3 is 2.91 bits per heavy atom. The average Bonchev–Trinajstić information content (AvgIpc) is 3.33. The van der Waals surface area contributed by atoms with Crippen molar-refractivity contribution >= 4 is 56.7 Å². The molecule has 1 aromatic carbocycles. The molecular formula is C22H18Cl2FN7O3. The number of hydrogen-bond acceptors (Lipinski definition) is 8.